The zero-order valence-corrected chi connectivity index (χ0v) is 19.0. The molecule has 5 heteroatoms. The number of nitrogens with one attached hydrogen (secondary N) is 2. The predicted molar refractivity (Wildman–Crippen MR) is 139 cm³/mol. The minimum atomic E-state index is 0.548. The summed E-state index contributed by atoms with van der Waals surface area (Å²) in [7, 11) is 0. The Morgan fingerprint density at radius 1 is 0.750 bits per heavy atom. The van der Waals surface area contributed by atoms with E-state index in [2.05, 4.69) is 89.5 Å². The van der Waals surface area contributed by atoms with Gasteiger partial charge in [0.25, 0.3) is 0 Å². The van der Waals surface area contributed by atoms with E-state index < -0.39 is 0 Å². The van der Waals surface area contributed by atoms with E-state index >= 15 is 0 Å². The molecule has 3 nitrogen and oxygen atoms in total. The number of benzene rings is 4. The average molecular weight is 456 g/mol. The van der Waals surface area contributed by atoms with Gasteiger partial charge in [-0.3, -0.25) is 0 Å². The molecule has 0 radical (unpaired) electrons. The molecule has 1 aromatic heterocycles. The van der Waals surface area contributed by atoms with Gasteiger partial charge in [0, 0.05) is 38.7 Å². The number of nitrogens with zero attached hydrogens (tertiary/aromatic N) is 1. The summed E-state index contributed by atoms with van der Waals surface area (Å²) in [4.78, 5) is 7.19. The van der Waals surface area contributed by atoms with Crippen molar-refractivity contribution in [2.24, 2.45) is 0 Å². The first kappa shape index (κ1) is 20.7. The van der Waals surface area contributed by atoms with Crippen molar-refractivity contribution in [1.82, 2.24) is 4.98 Å². The summed E-state index contributed by atoms with van der Waals surface area (Å²) in [5.74, 6) is 0.548. The molecule has 0 spiro atoms. The van der Waals surface area contributed by atoms with Gasteiger partial charge in [0.2, 0.25) is 0 Å². The highest BCUT2D eigenvalue weighted by molar-refractivity contribution is 7.99. The van der Waals surface area contributed by atoms with E-state index in [1.165, 1.54) is 4.90 Å². The highest BCUT2D eigenvalue weighted by Gasteiger charge is 2.11. The molecule has 0 saturated carbocycles. The Kier molecular flexibility index (Phi) is 6.15. The lowest BCUT2D eigenvalue weighted by Crippen LogP contribution is -2.04. The minimum Gasteiger partial charge on any atom is -0.383 e. The zero-order valence-electron chi connectivity index (χ0n) is 17.4. The largest absolute Gasteiger partial charge is 0.383 e. The topological polar surface area (TPSA) is 37.0 Å². The molecule has 158 valence electrons. The van der Waals surface area contributed by atoms with Gasteiger partial charge in [-0.25, -0.2) is 4.98 Å². The van der Waals surface area contributed by atoms with Crippen LogP contribution in [0.1, 0.15) is 0 Å². The molecule has 0 saturated heterocycles. The van der Waals surface area contributed by atoms with Crippen molar-refractivity contribution in [3.63, 3.8) is 0 Å². The van der Waals surface area contributed by atoms with Gasteiger partial charge < -0.3 is 10.6 Å². The molecule has 5 aromatic rings. The van der Waals surface area contributed by atoms with Crippen molar-refractivity contribution in [2.75, 3.05) is 23.1 Å². The van der Waals surface area contributed by atoms with Crippen LogP contribution in [-0.2, 0) is 0 Å². The zero-order chi connectivity index (χ0) is 21.8. The molecule has 4 aromatic carbocycles. The molecule has 0 unspecified atom stereocenters. The van der Waals surface area contributed by atoms with Crippen molar-refractivity contribution in [3.8, 4) is 0 Å². The standard InChI is InChI=1S/C27H22ClN3S/c28-16-17-29-25-18-19(14-15-26(25)32-20-8-2-1-3-9-20)30-27-21-10-4-6-12-23(21)31-24-13-7-5-11-22(24)27/h1-15,18,29H,16-17H2,(H,30,31). The first-order valence-electron chi connectivity index (χ1n) is 10.5. The van der Waals surface area contributed by atoms with E-state index in [0.29, 0.717) is 12.4 Å². The Morgan fingerprint density at radius 2 is 1.41 bits per heavy atom. The Bertz CT molecular complexity index is 1320. The van der Waals surface area contributed by atoms with E-state index in [0.717, 1.165) is 43.8 Å². The lowest BCUT2D eigenvalue weighted by Gasteiger charge is -2.16. The number of rotatable bonds is 7. The van der Waals surface area contributed by atoms with Crippen LogP contribution in [0, 0.1) is 0 Å². The molecule has 0 aliphatic rings. The number of aromatic nitrogens is 1. The van der Waals surface area contributed by atoms with E-state index in [1.807, 2.05) is 18.2 Å². The smallest absolute Gasteiger partial charge is 0.0730 e. The number of anilines is 3. The molecular weight excluding hydrogens is 434 g/mol. The van der Waals surface area contributed by atoms with Crippen LogP contribution >= 0.6 is 23.4 Å². The van der Waals surface area contributed by atoms with Crippen LogP contribution in [0.4, 0.5) is 17.1 Å². The number of hydrogen-bond acceptors (Lipinski definition) is 4. The molecule has 0 amide bonds. The number of alkyl halides is 1. The van der Waals surface area contributed by atoms with Crippen molar-refractivity contribution in [2.45, 2.75) is 9.79 Å². The molecule has 0 fully saturated rings. The Labute approximate surface area is 196 Å². The first-order chi connectivity index (χ1) is 15.8. The number of halogens is 1. The van der Waals surface area contributed by atoms with Crippen LogP contribution in [0.2, 0.25) is 0 Å². The van der Waals surface area contributed by atoms with Gasteiger partial charge in [-0.1, -0.05) is 66.4 Å². The lowest BCUT2D eigenvalue weighted by molar-refractivity contribution is 1.19. The summed E-state index contributed by atoms with van der Waals surface area (Å²) in [5, 5.41) is 9.36. The molecule has 0 aliphatic heterocycles. The van der Waals surface area contributed by atoms with Gasteiger partial charge >= 0.3 is 0 Å². The third-order valence-electron chi connectivity index (χ3n) is 5.22. The first-order valence-corrected chi connectivity index (χ1v) is 11.9. The SMILES string of the molecule is ClCCNc1cc(Nc2c3ccccc3nc3ccccc23)ccc1Sc1ccccc1. The minimum absolute atomic E-state index is 0.548. The van der Waals surface area contributed by atoms with Gasteiger partial charge in [-0.15, -0.1) is 11.6 Å². The fraction of sp³-hybridized carbons (Fsp3) is 0.0741. The van der Waals surface area contributed by atoms with Crippen LogP contribution in [0.25, 0.3) is 21.8 Å². The van der Waals surface area contributed by atoms with E-state index in [-0.39, 0.29) is 0 Å². The van der Waals surface area contributed by atoms with E-state index in [9.17, 15) is 0 Å². The maximum atomic E-state index is 5.97. The Morgan fingerprint density at radius 3 is 2.09 bits per heavy atom. The van der Waals surface area contributed by atoms with Gasteiger partial charge in [-0.05, 0) is 42.5 Å². The highest BCUT2D eigenvalue weighted by Crippen LogP contribution is 2.38. The molecule has 5 rings (SSSR count). The maximum absolute atomic E-state index is 5.97. The number of fused-ring (bicyclic) bond motifs is 2. The summed E-state index contributed by atoms with van der Waals surface area (Å²) in [6.45, 7) is 0.703. The Hall–Kier alpha value is -3.21. The fourth-order valence-electron chi connectivity index (χ4n) is 3.75. The Balaban J connectivity index is 1.56. The second-order valence-corrected chi connectivity index (χ2v) is 8.88. The van der Waals surface area contributed by atoms with Crippen LogP contribution in [0.5, 0.6) is 0 Å². The molecule has 0 bridgehead atoms. The monoisotopic (exact) mass is 455 g/mol. The third kappa shape index (κ3) is 4.38. The third-order valence-corrected chi connectivity index (χ3v) is 6.49. The van der Waals surface area contributed by atoms with Crippen LogP contribution in [0.3, 0.4) is 0 Å². The molecule has 2 N–H and O–H groups in total. The van der Waals surface area contributed by atoms with Gasteiger partial charge in [0.15, 0.2) is 0 Å². The van der Waals surface area contributed by atoms with Crippen molar-refractivity contribution < 1.29 is 0 Å². The summed E-state index contributed by atoms with van der Waals surface area (Å²) in [6.07, 6.45) is 0. The van der Waals surface area contributed by atoms with E-state index in [4.69, 9.17) is 16.6 Å². The fourth-order valence-corrected chi connectivity index (χ4v) is 4.77. The summed E-state index contributed by atoms with van der Waals surface area (Å²) in [5.41, 5.74) is 5.10. The second-order valence-electron chi connectivity index (χ2n) is 7.39. The van der Waals surface area contributed by atoms with Gasteiger partial charge in [0.05, 0.1) is 22.4 Å². The normalized spacial score (nSPS) is 11.0. The van der Waals surface area contributed by atoms with Crippen molar-refractivity contribution >= 4 is 62.2 Å². The maximum Gasteiger partial charge on any atom is 0.0730 e. The number of pyridine rings is 1. The molecule has 0 aliphatic carbocycles. The van der Waals surface area contributed by atoms with Crippen LogP contribution in [0.15, 0.2) is 107 Å². The molecule has 1 heterocycles. The van der Waals surface area contributed by atoms with Gasteiger partial charge in [-0.2, -0.15) is 0 Å². The highest BCUT2D eigenvalue weighted by atomic mass is 35.5. The molecule has 32 heavy (non-hydrogen) atoms. The quantitative estimate of drug-likeness (QED) is 0.193. The summed E-state index contributed by atoms with van der Waals surface area (Å²) < 4.78 is 0. The summed E-state index contributed by atoms with van der Waals surface area (Å²) in [6, 6.07) is 33.3. The van der Waals surface area contributed by atoms with E-state index in [1.54, 1.807) is 11.8 Å². The second kappa shape index (κ2) is 9.51. The van der Waals surface area contributed by atoms with Crippen molar-refractivity contribution in [1.29, 1.82) is 0 Å². The van der Waals surface area contributed by atoms with Crippen LogP contribution in [-0.4, -0.2) is 17.4 Å². The van der Waals surface area contributed by atoms with Crippen molar-refractivity contribution in [3.05, 3.63) is 97.1 Å². The average Bonchev–Trinajstić information content (AvgIpc) is 2.84. The molecular formula is C27H22ClN3S. The van der Waals surface area contributed by atoms with Gasteiger partial charge in [0.1, 0.15) is 0 Å². The summed E-state index contributed by atoms with van der Waals surface area (Å²) >= 11 is 7.71. The van der Waals surface area contributed by atoms with Crippen LogP contribution < -0.4 is 10.6 Å². The number of para-hydroxylation sites is 2. The molecule has 0 atom stereocenters. The predicted octanol–water partition coefficient (Wildman–Crippen LogP) is 7.93. The number of hydrogen-bond donors (Lipinski definition) is 2. The lowest BCUT2D eigenvalue weighted by atomic mass is 10.1.